The van der Waals surface area contributed by atoms with Gasteiger partial charge in [-0.25, -0.2) is 0 Å². The summed E-state index contributed by atoms with van der Waals surface area (Å²) in [6, 6.07) is 0. The first-order valence-corrected chi connectivity index (χ1v) is 4.42. The van der Waals surface area contributed by atoms with Crippen molar-refractivity contribution in [3.63, 3.8) is 0 Å². The van der Waals surface area contributed by atoms with Crippen LogP contribution >= 0.6 is 0 Å². The molecule has 0 bridgehead atoms. The van der Waals surface area contributed by atoms with E-state index < -0.39 is 5.97 Å². The third-order valence-corrected chi connectivity index (χ3v) is 2.18. The van der Waals surface area contributed by atoms with Gasteiger partial charge >= 0.3 is 11.9 Å². The van der Waals surface area contributed by atoms with Crippen LogP contribution in [-0.4, -0.2) is 11.9 Å². The van der Waals surface area contributed by atoms with Crippen molar-refractivity contribution in [2.24, 2.45) is 5.92 Å². The van der Waals surface area contributed by atoms with Gasteiger partial charge in [0.2, 0.25) is 0 Å². The van der Waals surface area contributed by atoms with Crippen LogP contribution in [0.3, 0.4) is 0 Å². The molecule has 0 atom stereocenters. The van der Waals surface area contributed by atoms with Crippen molar-refractivity contribution in [1.82, 2.24) is 0 Å². The highest BCUT2D eigenvalue weighted by Gasteiger charge is 2.23. The van der Waals surface area contributed by atoms with Gasteiger partial charge in [0.15, 0.2) is 0 Å². The van der Waals surface area contributed by atoms with Crippen LogP contribution < -0.4 is 0 Å². The second-order valence-corrected chi connectivity index (χ2v) is 3.25. The van der Waals surface area contributed by atoms with Gasteiger partial charge in [-0.1, -0.05) is 26.7 Å². The molecule has 3 heteroatoms. The van der Waals surface area contributed by atoms with E-state index in [1.54, 1.807) is 0 Å². The van der Waals surface area contributed by atoms with Crippen LogP contribution in [0.15, 0.2) is 0 Å². The van der Waals surface area contributed by atoms with E-state index in [2.05, 4.69) is 4.74 Å². The molecule has 76 valence electrons. The summed E-state index contributed by atoms with van der Waals surface area (Å²) < 4.78 is 4.51. The minimum atomic E-state index is -0.495. The molecule has 0 N–H and O–H groups in total. The zero-order valence-electron chi connectivity index (χ0n) is 7.34. The van der Waals surface area contributed by atoms with Crippen molar-refractivity contribution in [1.29, 1.82) is 0 Å². The first kappa shape index (κ1) is 12.1. The van der Waals surface area contributed by atoms with Crippen molar-refractivity contribution in [3.05, 3.63) is 0 Å². The zero-order chi connectivity index (χ0) is 8.97. The zero-order valence-corrected chi connectivity index (χ0v) is 7.34. The smallest absolute Gasteiger partial charge is 0.316 e. The highest BCUT2D eigenvalue weighted by atomic mass is 16.6. The minimum Gasteiger partial charge on any atom is -0.393 e. The summed E-state index contributed by atoms with van der Waals surface area (Å²) in [5.74, 6) is -0.851. The van der Waals surface area contributed by atoms with Gasteiger partial charge in [0, 0.05) is 6.92 Å². The third kappa shape index (κ3) is 4.06. The Morgan fingerprint density at radius 1 is 1.15 bits per heavy atom. The number of rotatable bonds is 1. The fourth-order valence-corrected chi connectivity index (χ4v) is 1.56. The summed E-state index contributed by atoms with van der Waals surface area (Å²) in [4.78, 5) is 21.6. The Bertz CT molecular complexity index is 181. The lowest BCUT2D eigenvalue weighted by molar-refractivity contribution is -0.161. The van der Waals surface area contributed by atoms with Crippen LogP contribution in [0, 0.1) is 5.92 Å². The summed E-state index contributed by atoms with van der Waals surface area (Å²) >= 11 is 0. The second-order valence-electron chi connectivity index (χ2n) is 3.25. The summed E-state index contributed by atoms with van der Waals surface area (Å²) in [5, 5.41) is 0. The maximum Gasteiger partial charge on any atom is 0.316 e. The van der Waals surface area contributed by atoms with Gasteiger partial charge in [-0.05, 0) is 12.8 Å². The van der Waals surface area contributed by atoms with Crippen LogP contribution in [0.4, 0.5) is 0 Å². The maximum atomic E-state index is 11.2. The molecule has 0 amide bonds. The Balaban J connectivity index is 0.00000144. The van der Waals surface area contributed by atoms with E-state index in [1.165, 1.54) is 13.3 Å². The Morgan fingerprint density at radius 3 is 2.15 bits per heavy atom. The highest BCUT2D eigenvalue weighted by Crippen LogP contribution is 2.24. The molecular formula is C10H18O3. The quantitative estimate of drug-likeness (QED) is 0.466. The summed E-state index contributed by atoms with van der Waals surface area (Å²) in [6.07, 6.45) is 5.12. The topological polar surface area (TPSA) is 43.4 Å². The monoisotopic (exact) mass is 186 g/mol. The molecule has 1 aliphatic rings. The van der Waals surface area contributed by atoms with Gasteiger partial charge in [-0.3, -0.25) is 9.59 Å². The van der Waals surface area contributed by atoms with E-state index in [0.717, 1.165) is 25.7 Å². The average molecular weight is 186 g/mol. The first-order valence-electron chi connectivity index (χ1n) is 4.42. The van der Waals surface area contributed by atoms with E-state index in [4.69, 9.17) is 0 Å². The number of hydrogen-bond acceptors (Lipinski definition) is 3. The largest absolute Gasteiger partial charge is 0.393 e. The fraction of sp³-hybridized carbons (Fsp3) is 0.800. The molecule has 0 saturated heterocycles. The molecule has 3 nitrogen and oxygen atoms in total. The minimum absolute atomic E-state index is 0. The molecule has 13 heavy (non-hydrogen) atoms. The Hall–Kier alpha value is -0.860. The lowest BCUT2D eigenvalue weighted by Crippen LogP contribution is -2.22. The van der Waals surface area contributed by atoms with Crippen molar-refractivity contribution in [3.8, 4) is 0 Å². The predicted octanol–water partition coefficient (Wildman–Crippen LogP) is 2.29. The van der Waals surface area contributed by atoms with Gasteiger partial charge in [0.05, 0.1) is 5.92 Å². The van der Waals surface area contributed by atoms with Gasteiger partial charge in [0.25, 0.3) is 0 Å². The van der Waals surface area contributed by atoms with Crippen molar-refractivity contribution < 1.29 is 14.3 Å². The van der Waals surface area contributed by atoms with E-state index in [-0.39, 0.29) is 19.3 Å². The van der Waals surface area contributed by atoms with Crippen LogP contribution in [0.2, 0.25) is 0 Å². The standard InChI is InChI=1S/C9H14O3.CH4/c1-7(10)12-9(11)8-5-3-2-4-6-8;/h8H,2-6H2,1H3;1H4. The molecule has 1 aliphatic carbocycles. The molecule has 0 heterocycles. The lowest BCUT2D eigenvalue weighted by Gasteiger charge is -2.18. The number of esters is 2. The Morgan fingerprint density at radius 2 is 1.69 bits per heavy atom. The normalized spacial score (nSPS) is 17.3. The summed E-state index contributed by atoms with van der Waals surface area (Å²) in [5.41, 5.74) is 0. The van der Waals surface area contributed by atoms with Crippen LogP contribution in [0.25, 0.3) is 0 Å². The van der Waals surface area contributed by atoms with Gasteiger partial charge in [-0.15, -0.1) is 0 Å². The van der Waals surface area contributed by atoms with Crippen molar-refractivity contribution in [2.75, 3.05) is 0 Å². The predicted molar refractivity (Wildman–Crippen MR) is 50.1 cm³/mol. The van der Waals surface area contributed by atoms with Crippen molar-refractivity contribution in [2.45, 2.75) is 46.5 Å². The van der Waals surface area contributed by atoms with Crippen LogP contribution in [0.1, 0.15) is 46.5 Å². The molecule has 1 rings (SSSR count). The van der Waals surface area contributed by atoms with Gasteiger partial charge < -0.3 is 4.74 Å². The second kappa shape index (κ2) is 5.73. The van der Waals surface area contributed by atoms with Crippen molar-refractivity contribution >= 4 is 11.9 Å². The lowest BCUT2D eigenvalue weighted by atomic mass is 9.89. The Labute approximate surface area is 79.5 Å². The average Bonchev–Trinajstić information content (AvgIpc) is 2.05. The molecule has 0 spiro atoms. The summed E-state index contributed by atoms with van der Waals surface area (Å²) in [6.45, 7) is 1.26. The third-order valence-electron chi connectivity index (χ3n) is 2.18. The fourth-order valence-electron chi connectivity index (χ4n) is 1.56. The molecule has 0 aliphatic heterocycles. The molecule has 0 unspecified atom stereocenters. The summed E-state index contributed by atoms with van der Waals surface area (Å²) in [7, 11) is 0. The number of carbonyl (C=O) groups excluding carboxylic acids is 2. The van der Waals surface area contributed by atoms with E-state index in [9.17, 15) is 9.59 Å². The molecular weight excluding hydrogens is 168 g/mol. The first-order chi connectivity index (χ1) is 5.70. The highest BCUT2D eigenvalue weighted by molar-refractivity contribution is 5.85. The van der Waals surface area contributed by atoms with E-state index >= 15 is 0 Å². The van der Waals surface area contributed by atoms with E-state index in [1.807, 2.05) is 0 Å². The molecule has 0 radical (unpaired) electrons. The molecule has 1 saturated carbocycles. The molecule has 0 aromatic rings. The van der Waals surface area contributed by atoms with Gasteiger partial charge in [-0.2, -0.15) is 0 Å². The molecule has 0 aromatic carbocycles. The Kier molecular flexibility index (Phi) is 5.35. The number of hydrogen-bond donors (Lipinski definition) is 0. The number of ether oxygens (including phenoxy) is 1. The van der Waals surface area contributed by atoms with Crippen LogP contribution in [0.5, 0.6) is 0 Å². The molecule has 1 fully saturated rings. The van der Waals surface area contributed by atoms with Gasteiger partial charge in [0.1, 0.15) is 0 Å². The SMILES string of the molecule is C.CC(=O)OC(=O)C1CCCCC1. The molecule has 0 aromatic heterocycles. The number of carbonyl (C=O) groups is 2. The van der Waals surface area contributed by atoms with E-state index in [0.29, 0.717) is 0 Å². The van der Waals surface area contributed by atoms with Crippen LogP contribution in [-0.2, 0) is 14.3 Å². The maximum absolute atomic E-state index is 11.2.